The third kappa shape index (κ3) is 7.64. The van der Waals surface area contributed by atoms with Crippen molar-refractivity contribution in [2.75, 3.05) is 52.9 Å². The summed E-state index contributed by atoms with van der Waals surface area (Å²) in [5, 5.41) is 0. The number of carbonyl (C=O) groups excluding carboxylic acids is 1. The van der Waals surface area contributed by atoms with E-state index in [0.29, 0.717) is 44.4 Å². The maximum Gasteiger partial charge on any atom is 0.416 e. The summed E-state index contributed by atoms with van der Waals surface area (Å²) < 4.78 is 43.6. The van der Waals surface area contributed by atoms with Gasteiger partial charge in [-0.25, -0.2) is 9.98 Å². The summed E-state index contributed by atoms with van der Waals surface area (Å²) in [6.45, 7) is 11.1. The molecular formula is C33H37F3N6O2. The van der Waals surface area contributed by atoms with Gasteiger partial charge in [0, 0.05) is 58.4 Å². The average molecular weight is 607 g/mol. The van der Waals surface area contributed by atoms with Crippen LogP contribution in [0.2, 0.25) is 0 Å². The predicted molar refractivity (Wildman–Crippen MR) is 166 cm³/mol. The molecule has 0 spiro atoms. The Morgan fingerprint density at radius 3 is 2.45 bits per heavy atom. The lowest BCUT2D eigenvalue weighted by Gasteiger charge is -2.34. The Morgan fingerprint density at radius 1 is 1.07 bits per heavy atom. The van der Waals surface area contributed by atoms with Gasteiger partial charge in [-0.3, -0.25) is 14.6 Å². The molecule has 0 unspecified atom stereocenters. The molecule has 5 rings (SSSR count). The second kappa shape index (κ2) is 13.6. The largest absolute Gasteiger partial charge is 0.481 e. The summed E-state index contributed by atoms with van der Waals surface area (Å²) in [6, 6.07) is 11.3. The maximum atomic E-state index is 13.3. The molecular weight excluding hydrogens is 569 g/mol. The minimum atomic E-state index is -4.34. The van der Waals surface area contributed by atoms with E-state index in [-0.39, 0.29) is 5.91 Å². The Kier molecular flexibility index (Phi) is 9.65. The van der Waals surface area contributed by atoms with Gasteiger partial charge in [-0.15, -0.1) is 0 Å². The fourth-order valence-electron chi connectivity index (χ4n) is 5.55. The van der Waals surface area contributed by atoms with Crippen LogP contribution < -0.4 is 0 Å². The van der Waals surface area contributed by atoms with Crippen LogP contribution in [0.25, 0.3) is 16.6 Å². The van der Waals surface area contributed by atoms with Crippen LogP contribution in [-0.4, -0.2) is 90.2 Å². The number of aromatic nitrogens is 2. The van der Waals surface area contributed by atoms with Gasteiger partial charge in [0.25, 0.3) is 5.91 Å². The summed E-state index contributed by atoms with van der Waals surface area (Å²) in [5.74, 6) is 0.655. The monoisotopic (exact) mass is 606 g/mol. The predicted octanol–water partition coefficient (Wildman–Crippen LogP) is 5.76. The number of methoxy groups -OCH3 is 1. The van der Waals surface area contributed by atoms with E-state index >= 15 is 0 Å². The lowest BCUT2D eigenvalue weighted by atomic mass is 9.99. The molecule has 8 nitrogen and oxygen atoms in total. The molecule has 3 aromatic rings. The highest BCUT2D eigenvalue weighted by atomic mass is 19.4. The van der Waals surface area contributed by atoms with Gasteiger partial charge in [0.1, 0.15) is 0 Å². The molecule has 0 atom stereocenters. The molecule has 2 aliphatic heterocycles. The number of nitrogens with zero attached hydrogens (tertiary/aromatic N) is 5. The van der Waals surface area contributed by atoms with E-state index in [9.17, 15) is 18.0 Å². The van der Waals surface area contributed by atoms with E-state index in [4.69, 9.17) is 4.74 Å². The molecule has 1 amide bonds. The number of hydrogen-bond donors (Lipinski definition) is 1. The Morgan fingerprint density at radius 2 is 1.82 bits per heavy atom. The van der Waals surface area contributed by atoms with E-state index < -0.39 is 11.7 Å². The number of fused-ring (bicyclic) bond motifs is 1. The smallest absolute Gasteiger partial charge is 0.416 e. The number of benzene rings is 2. The van der Waals surface area contributed by atoms with E-state index in [2.05, 4.69) is 56.6 Å². The number of rotatable bonds is 9. The van der Waals surface area contributed by atoms with Gasteiger partial charge in [0.2, 0.25) is 5.88 Å². The topological polar surface area (TPSA) is 77.1 Å². The Hall–Kier alpha value is -4.22. The highest BCUT2D eigenvalue weighted by Crippen LogP contribution is 2.29. The zero-order valence-corrected chi connectivity index (χ0v) is 25.0. The van der Waals surface area contributed by atoms with Gasteiger partial charge < -0.3 is 14.6 Å². The van der Waals surface area contributed by atoms with Crippen molar-refractivity contribution in [2.45, 2.75) is 26.1 Å². The standard InChI is InChI=1S/C33H37F3N6O2/c1-23(4-11-30(37-2)44-3)21-40-14-12-25(13-15-40)26-7-10-28-29(20-26)39-31(38-28)32(43)42-18-16-41(17-19-42)22-24-5-8-27(9-6-24)33(34,35)36/h4-12,20H,2,13-19,21-22H2,1,3H3,(H,38,39)/b23-4+,30-11+. The van der Waals surface area contributed by atoms with Crippen molar-refractivity contribution >= 4 is 29.2 Å². The Labute approximate surface area is 255 Å². The number of allylic oxidation sites excluding steroid dienone is 2. The second-order valence-corrected chi connectivity index (χ2v) is 11.2. The molecule has 3 heterocycles. The van der Waals surface area contributed by atoms with E-state index in [1.807, 2.05) is 18.2 Å². The molecule has 232 valence electrons. The van der Waals surface area contributed by atoms with Crippen molar-refractivity contribution < 1.29 is 22.7 Å². The number of H-pyrrole nitrogens is 1. The summed E-state index contributed by atoms with van der Waals surface area (Å²) >= 11 is 0. The summed E-state index contributed by atoms with van der Waals surface area (Å²) in [5.41, 5.74) is 5.33. The summed E-state index contributed by atoms with van der Waals surface area (Å²) in [7, 11) is 1.57. The quantitative estimate of drug-likeness (QED) is 0.190. The Bertz CT molecular complexity index is 1580. The van der Waals surface area contributed by atoms with Gasteiger partial charge >= 0.3 is 6.18 Å². The van der Waals surface area contributed by atoms with Gasteiger partial charge in [-0.2, -0.15) is 13.2 Å². The van der Waals surface area contributed by atoms with Crippen LogP contribution in [0.3, 0.4) is 0 Å². The number of aromatic amines is 1. The molecule has 1 aromatic heterocycles. The number of amides is 1. The average Bonchev–Trinajstić information content (AvgIpc) is 3.45. The van der Waals surface area contributed by atoms with E-state index in [1.165, 1.54) is 23.3 Å². The van der Waals surface area contributed by atoms with Crippen molar-refractivity contribution in [3.05, 3.63) is 94.7 Å². The highest BCUT2D eigenvalue weighted by Gasteiger charge is 2.30. The van der Waals surface area contributed by atoms with Crippen LogP contribution in [-0.2, 0) is 17.5 Å². The molecule has 1 saturated heterocycles. The number of halogens is 3. The molecule has 44 heavy (non-hydrogen) atoms. The van der Waals surface area contributed by atoms with Gasteiger partial charge in [-0.05, 0) is 61.0 Å². The number of alkyl halides is 3. The molecule has 0 bridgehead atoms. The van der Waals surface area contributed by atoms with Gasteiger partial charge in [0.15, 0.2) is 5.82 Å². The van der Waals surface area contributed by atoms with Crippen molar-refractivity contribution in [1.82, 2.24) is 24.7 Å². The number of carbonyl (C=O) groups is 1. The van der Waals surface area contributed by atoms with Crippen molar-refractivity contribution in [2.24, 2.45) is 4.99 Å². The SMILES string of the molecule is C=N/C(=C\C=C(/C)CN1CC=C(c2ccc3nc(C(=O)N4CCN(Cc5ccc(C(F)(F)F)cc5)CC4)[nH]c3c2)CC1)OC. The number of ether oxygens (including phenoxy) is 1. The minimum absolute atomic E-state index is 0.149. The van der Waals surface area contributed by atoms with E-state index in [0.717, 1.165) is 60.3 Å². The zero-order chi connectivity index (χ0) is 31.3. The van der Waals surface area contributed by atoms with Crippen LogP contribution in [0.5, 0.6) is 0 Å². The van der Waals surface area contributed by atoms with Gasteiger partial charge in [0.05, 0.1) is 23.7 Å². The first-order valence-corrected chi connectivity index (χ1v) is 14.6. The summed E-state index contributed by atoms with van der Waals surface area (Å²) in [6.07, 6.45) is 2.65. The van der Waals surface area contributed by atoms with Crippen molar-refractivity contribution in [3.8, 4) is 0 Å². The third-order valence-corrected chi connectivity index (χ3v) is 8.04. The second-order valence-electron chi connectivity index (χ2n) is 11.2. The fraction of sp³-hybridized carbons (Fsp3) is 0.364. The third-order valence-electron chi connectivity index (χ3n) is 8.04. The lowest BCUT2D eigenvalue weighted by molar-refractivity contribution is -0.137. The maximum absolute atomic E-state index is 13.3. The highest BCUT2D eigenvalue weighted by molar-refractivity contribution is 5.94. The zero-order valence-electron chi connectivity index (χ0n) is 25.0. The number of nitrogens with one attached hydrogen (secondary N) is 1. The number of piperazine rings is 1. The number of hydrogen-bond acceptors (Lipinski definition) is 6. The number of imidazole rings is 1. The molecule has 0 aliphatic carbocycles. The Balaban J connectivity index is 1.15. The molecule has 1 N–H and O–H groups in total. The minimum Gasteiger partial charge on any atom is -0.481 e. The van der Waals surface area contributed by atoms with Crippen molar-refractivity contribution in [1.29, 1.82) is 0 Å². The first kappa shape index (κ1) is 31.2. The van der Waals surface area contributed by atoms with Crippen LogP contribution in [0.1, 0.15) is 40.7 Å². The van der Waals surface area contributed by atoms with Crippen molar-refractivity contribution in [3.63, 3.8) is 0 Å². The molecule has 1 fully saturated rings. The number of aliphatic imine (C=N–C) groups is 1. The molecule has 2 aliphatic rings. The first-order chi connectivity index (χ1) is 21.1. The first-order valence-electron chi connectivity index (χ1n) is 14.6. The van der Waals surface area contributed by atoms with Gasteiger partial charge in [-0.1, -0.05) is 35.9 Å². The van der Waals surface area contributed by atoms with Crippen LogP contribution >= 0.6 is 0 Å². The summed E-state index contributed by atoms with van der Waals surface area (Å²) in [4.78, 5) is 31.2. The fourth-order valence-corrected chi connectivity index (χ4v) is 5.55. The molecule has 2 aromatic carbocycles. The van der Waals surface area contributed by atoms with Crippen LogP contribution in [0, 0.1) is 0 Å². The normalized spacial score (nSPS) is 17.6. The lowest BCUT2D eigenvalue weighted by Crippen LogP contribution is -2.48. The van der Waals surface area contributed by atoms with E-state index in [1.54, 1.807) is 12.0 Å². The van der Waals surface area contributed by atoms with Crippen LogP contribution in [0.4, 0.5) is 13.2 Å². The molecule has 11 heteroatoms. The molecule has 0 saturated carbocycles. The molecule has 0 radical (unpaired) electrons. The van der Waals surface area contributed by atoms with Crippen LogP contribution in [0.15, 0.2) is 77.1 Å².